The summed E-state index contributed by atoms with van der Waals surface area (Å²) >= 11 is 3.63. The monoisotopic (exact) mass is 299 g/mol. The van der Waals surface area contributed by atoms with E-state index in [2.05, 4.69) is 33.3 Å². The van der Waals surface area contributed by atoms with E-state index >= 15 is 0 Å². The predicted octanol–water partition coefficient (Wildman–Crippen LogP) is 2.81. The van der Waals surface area contributed by atoms with Crippen LogP contribution in [0, 0.1) is 12.8 Å². The molecular formula is C13H22BrN3. The van der Waals surface area contributed by atoms with Gasteiger partial charge in [-0.15, -0.1) is 0 Å². The Bertz CT molecular complexity index is 382. The van der Waals surface area contributed by atoms with Gasteiger partial charge in [0.05, 0.1) is 15.9 Å². The fourth-order valence-electron chi connectivity index (χ4n) is 2.16. The van der Waals surface area contributed by atoms with Crippen LogP contribution in [0.2, 0.25) is 0 Å². The number of rotatable bonds is 6. The number of nitrogens with zero attached hydrogens (tertiary/aromatic N) is 2. The maximum Gasteiger partial charge on any atom is 0.0738 e. The zero-order chi connectivity index (χ0) is 12.4. The van der Waals surface area contributed by atoms with E-state index in [0.717, 1.165) is 24.7 Å². The molecule has 2 rings (SSSR count). The Balaban J connectivity index is 1.81. The molecule has 96 valence electrons. The first kappa shape index (κ1) is 13.1. The van der Waals surface area contributed by atoms with Crippen LogP contribution in [-0.4, -0.2) is 22.4 Å². The Morgan fingerprint density at radius 3 is 2.76 bits per heavy atom. The first-order valence-electron chi connectivity index (χ1n) is 6.49. The van der Waals surface area contributed by atoms with E-state index in [4.69, 9.17) is 0 Å². The number of aryl methyl sites for hydroxylation is 2. The maximum absolute atomic E-state index is 4.44. The summed E-state index contributed by atoms with van der Waals surface area (Å²) in [5.74, 6) is 0.701. The lowest BCUT2D eigenvalue weighted by Gasteiger charge is -2.12. The normalized spacial score (nSPS) is 17.4. The molecule has 1 unspecified atom stereocenters. The first-order valence-corrected chi connectivity index (χ1v) is 7.28. The van der Waals surface area contributed by atoms with Crippen molar-refractivity contribution in [1.29, 1.82) is 0 Å². The third-order valence-corrected chi connectivity index (χ3v) is 4.48. The molecular weight excluding hydrogens is 278 g/mol. The van der Waals surface area contributed by atoms with E-state index < -0.39 is 0 Å². The van der Waals surface area contributed by atoms with Crippen LogP contribution in [0.15, 0.2) is 4.47 Å². The second-order valence-electron chi connectivity index (χ2n) is 5.30. The first-order chi connectivity index (χ1) is 8.08. The fourth-order valence-corrected chi connectivity index (χ4v) is 2.65. The summed E-state index contributed by atoms with van der Waals surface area (Å²) in [7, 11) is 2.03. The SMILES string of the molecule is Cc1nn(C)c(CC(C)CCNC2CC2)c1Br. The number of hydrogen-bond acceptors (Lipinski definition) is 2. The minimum atomic E-state index is 0.701. The summed E-state index contributed by atoms with van der Waals surface area (Å²) in [4.78, 5) is 0. The lowest BCUT2D eigenvalue weighted by molar-refractivity contribution is 0.482. The van der Waals surface area contributed by atoms with Gasteiger partial charge in [-0.1, -0.05) is 6.92 Å². The largest absolute Gasteiger partial charge is 0.314 e. The standard InChI is InChI=1S/C13H22BrN3/c1-9(6-7-15-11-4-5-11)8-12-13(14)10(2)16-17(12)3/h9,11,15H,4-8H2,1-3H3. The van der Waals surface area contributed by atoms with Gasteiger partial charge in [0, 0.05) is 13.1 Å². The predicted molar refractivity (Wildman–Crippen MR) is 74.2 cm³/mol. The lowest BCUT2D eigenvalue weighted by Crippen LogP contribution is -2.20. The highest BCUT2D eigenvalue weighted by Crippen LogP contribution is 2.24. The number of nitrogens with one attached hydrogen (secondary N) is 1. The third kappa shape index (κ3) is 3.55. The minimum Gasteiger partial charge on any atom is -0.314 e. The van der Waals surface area contributed by atoms with Crippen molar-refractivity contribution in [2.45, 2.75) is 45.6 Å². The van der Waals surface area contributed by atoms with Gasteiger partial charge in [0.15, 0.2) is 0 Å². The Morgan fingerprint density at radius 1 is 1.53 bits per heavy atom. The molecule has 1 heterocycles. The molecule has 17 heavy (non-hydrogen) atoms. The van der Waals surface area contributed by atoms with Crippen molar-refractivity contribution in [2.24, 2.45) is 13.0 Å². The van der Waals surface area contributed by atoms with E-state index in [-0.39, 0.29) is 0 Å². The number of hydrogen-bond donors (Lipinski definition) is 1. The van der Waals surface area contributed by atoms with E-state index in [0.29, 0.717) is 5.92 Å². The Labute approximate surface area is 112 Å². The molecule has 3 nitrogen and oxygen atoms in total. The van der Waals surface area contributed by atoms with Crippen molar-refractivity contribution in [3.05, 3.63) is 15.9 Å². The second kappa shape index (κ2) is 5.53. The van der Waals surface area contributed by atoms with Crippen LogP contribution in [0.4, 0.5) is 0 Å². The quantitative estimate of drug-likeness (QED) is 0.875. The highest BCUT2D eigenvalue weighted by molar-refractivity contribution is 9.10. The average molecular weight is 300 g/mol. The van der Waals surface area contributed by atoms with E-state index in [1.807, 2.05) is 18.7 Å². The van der Waals surface area contributed by atoms with Gasteiger partial charge in [-0.05, 0) is 61.0 Å². The molecule has 0 radical (unpaired) electrons. The zero-order valence-electron chi connectivity index (χ0n) is 11.0. The van der Waals surface area contributed by atoms with Crippen molar-refractivity contribution in [2.75, 3.05) is 6.54 Å². The summed E-state index contributed by atoms with van der Waals surface area (Å²) in [6.45, 7) is 5.52. The van der Waals surface area contributed by atoms with Crippen molar-refractivity contribution >= 4 is 15.9 Å². The van der Waals surface area contributed by atoms with Crippen LogP contribution in [0.3, 0.4) is 0 Å². The van der Waals surface area contributed by atoms with Gasteiger partial charge in [0.1, 0.15) is 0 Å². The molecule has 1 N–H and O–H groups in total. The highest BCUT2D eigenvalue weighted by Gasteiger charge is 2.20. The molecule has 1 aromatic heterocycles. The zero-order valence-corrected chi connectivity index (χ0v) is 12.5. The molecule has 1 aromatic rings. The number of aromatic nitrogens is 2. The van der Waals surface area contributed by atoms with Gasteiger partial charge in [-0.2, -0.15) is 5.10 Å². The van der Waals surface area contributed by atoms with E-state index in [1.165, 1.54) is 29.4 Å². The van der Waals surface area contributed by atoms with Crippen LogP contribution < -0.4 is 5.32 Å². The van der Waals surface area contributed by atoms with Gasteiger partial charge in [0.25, 0.3) is 0 Å². The molecule has 0 aliphatic heterocycles. The minimum absolute atomic E-state index is 0.701. The Kier molecular flexibility index (Phi) is 4.26. The summed E-state index contributed by atoms with van der Waals surface area (Å²) < 4.78 is 3.19. The van der Waals surface area contributed by atoms with Gasteiger partial charge >= 0.3 is 0 Å². The fraction of sp³-hybridized carbons (Fsp3) is 0.769. The molecule has 1 saturated carbocycles. The van der Waals surface area contributed by atoms with Crippen LogP contribution >= 0.6 is 15.9 Å². The molecule has 1 fully saturated rings. The molecule has 1 aliphatic carbocycles. The van der Waals surface area contributed by atoms with Crippen molar-refractivity contribution < 1.29 is 0 Å². The molecule has 0 spiro atoms. The molecule has 0 amide bonds. The van der Waals surface area contributed by atoms with Crippen LogP contribution in [0.5, 0.6) is 0 Å². The molecule has 0 bridgehead atoms. The molecule has 1 aliphatic rings. The van der Waals surface area contributed by atoms with Crippen molar-refractivity contribution in [1.82, 2.24) is 15.1 Å². The summed E-state index contributed by atoms with van der Waals surface area (Å²) in [6.07, 6.45) is 5.10. The third-order valence-electron chi connectivity index (χ3n) is 3.45. The average Bonchev–Trinajstić information content (AvgIpc) is 3.04. The van der Waals surface area contributed by atoms with Gasteiger partial charge in [0.2, 0.25) is 0 Å². The maximum atomic E-state index is 4.44. The van der Waals surface area contributed by atoms with Gasteiger partial charge < -0.3 is 5.32 Å². The summed E-state index contributed by atoms with van der Waals surface area (Å²) in [6, 6.07) is 0.827. The topological polar surface area (TPSA) is 29.9 Å². The van der Waals surface area contributed by atoms with Crippen LogP contribution in [0.25, 0.3) is 0 Å². The number of halogens is 1. The Morgan fingerprint density at radius 2 is 2.24 bits per heavy atom. The van der Waals surface area contributed by atoms with Crippen molar-refractivity contribution in [3.8, 4) is 0 Å². The molecule has 4 heteroatoms. The molecule has 0 aromatic carbocycles. The van der Waals surface area contributed by atoms with Crippen LogP contribution in [-0.2, 0) is 13.5 Å². The summed E-state index contributed by atoms with van der Waals surface area (Å²) in [5, 5.41) is 8.01. The van der Waals surface area contributed by atoms with E-state index in [9.17, 15) is 0 Å². The van der Waals surface area contributed by atoms with Gasteiger partial charge in [-0.3, -0.25) is 4.68 Å². The highest BCUT2D eigenvalue weighted by atomic mass is 79.9. The second-order valence-corrected chi connectivity index (χ2v) is 6.09. The summed E-state index contributed by atoms with van der Waals surface area (Å²) in [5.41, 5.74) is 2.41. The smallest absolute Gasteiger partial charge is 0.0738 e. The van der Waals surface area contributed by atoms with Crippen LogP contribution in [0.1, 0.15) is 37.6 Å². The van der Waals surface area contributed by atoms with Crippen molar-refractivity contribution in [3.63, 3.8) is 0 Å². The lowest BCUT2D eigenvalue weighted by atomic mass is 10.0. The molecule has 1 atom stereocenters. The van der Waals surface area contributed by atoms with Gasteiger partial charge in [-0.25, -0.2) is 0 Å². The molecule has 0 saturated heterocycles. The Hall–Kier alpha value is -0.350. The van der Waals surface area contributed by atoms with E-state index in [1.54, 1.807) is 0 Å².